The van der Waals surface area contributed by atoms with E-state index < -0.39 is 10.7 Å². The second-order valence-electron chi connectivity index (χ2n) is 4.37. The number of fused-ring (bicyclic) bond motifs is 1. The van der Waals surface area contributed by atoms with Crippen LogP contribution >= 0.6 is 0 Å². The highest BCUT2D eigenvalue weighted by Crippen LogP contribution is 2.36. The van der Waals surface area contributed by atoms with E-state index >= 15 is 0 Å². The summed E-state index contributed by atoms with van der Waals surface area (Å²) in [5.41, 5.74) is 0.693. The van der Waals surface area contributed by atoms with Crippen LogP contribution in [0.5, 0.6) is 6.01 Å². The Balaban J connectivity index is 2.15. The number of nitrogens with zero attached hydrogens (tertiary/aromatic N) is 3. The monoisotopic (exact) mass is 263 g/mol. The van der Waals surface area contributed by atoms with E-state index in [1.54, 1.807) is 0 Å². The number of hydrogen-bond acceptors (Lipinski definition) is 4. The molecular formula is C12H10FN3O3. The summed E-state index contributed by atoms with van der Waals surface area (Å²) in [5, 5.41) is 11.2. The average Bonchev–Trinajstić information content (AvgIpc) is 2.85. The lowest BCUT2D eigenvalue weighted by atomic mass is 10.1. The van der Waals surface area contributed by atoms with Crippen LogP contribution in [0.1, 0.15) is 6.92 Å². The van der Waals surface area contributed by atoms with Gasteiger partial charge >= 0.3 is 11.8 Å². The van der Waals surface area contributed by atoms with Gasteiger partial charge in [-0.15, -0.1) is 0 Å². The maximum atomic E-state index is 12.9. The Morgan fingerprint density at radius 3 is 2.79 bits per heavy atom. The smallest absolute Gasteiger partial charge is 0.392 e. The number of halogens is 1. The van der Waals surface area contributed by atoms with Crippen molar-refractivity contribution in [1.29, 1.82) is 0 Å². The van der Waals surface area contributed by atoms with Gasteiger partial charge in [0, 0.05) is 5.56 Å². The number of imidazole rings is 1. The van der Waals surface area contributed by atoms with Crippen LogP contribution in [0, 0.1) is 15.9 Å². The second-order valence-corrected chi connectivity index (χ2v) is 4.37. The quantitative estimate of drug-likeness (QED) is 0.616. The molecule has 0 fully saturated rings. The van der Waals surface area contributed by atoms with Crippen molar-refractivity contribution in [2.45, 2.75) is 19.6 Å². The van der Waals surface area contributed by atoms with Gasteiger partial charge in [-0.3, -0.25) is 0 Å². The van der Waals surface area contributed by atoms with E-state index in [0.717, 1.165) is 0 Å². The molecule has 0 radical (unpaired) electrons. The molecule has 1 aromatic heterocycles. The minimum atomic E-state index is -0.489. The maximum Gasteiger partial charge on any atom is 0.392 e. The Hall–Kier alpha value is -2.44. The molecule has 0 saturated heterocycles. The zero-order valence-corrected chi connectivity index (χ0v) is 10.0. The van der Waals surface area contributed by atoms with Crippen molar-refractivity contribution in [3.05, 3.63) is 40.2 Å². The predicted molar refractivity (Wildman–Crippen MR) is 64.4 cm³/mol. The van der Waals surface area contributed by atoms with Gasteiger partial charge in [0.1, 0.15) is 18.5 Å². The standard InChI is InChI=1S/C12H10FN3O3/c1-7-6-15-11(16(17)18)10(14-12(15)19-7)8-2-4-9(13)5-3-8/h2-5,7H,6H2,1H3. The Kier molecular flexibility index (Phi) is 2.48. The lowest BCUT2D eigenvalue weighted by molar-refractivity contribution is -0.391. The fraction of sp³-hybridized carbons (Fsp3) is 0.250. The molecule has 0 aliphatic carbocycles. The first-order chi connectivity index (χ1) is 9.06. The highest BCUT2D eigenvalue weighted by molar-refractivity contribution is 5.69. The molecule has 0 bridgehead atoms. The zero-order chi connectivity index (χ0) is 13.6. The number of ether oxygens (including phenoxy) is 1. The van der Waals surface area contributed by atoms with Crippen LogP contribution < -0.4 is 4.74 Å². The normalized spacial score (nSPS) is 17.1. The average molecular weight is 263 g/mol. The number of benzene rings is 1. The molecule has 0 saturated carbocycles. The van der Waals surface area contributed by atoms with E-state index in [1.807, 2.05) is 6.92 Å². The summed E-state index contributed by atoms with van der Waals surface area (Å²) in [4.78, 5) is 14.9. The molecule has 98 valence electrons. The summed E-state index contributed by atoms with van der Waals surface area (Å²) in [6, 6.07) is 5.65. The Morgan fingerprint density at radius 1 is 1.47 bits per heavy atom. The van der Waals surface area contributed by atoms with Crippen LogP contribution in [0.2, 0.25) is 0 Å². The molecule has 1 aliphatic rings. The molecule has 19 heavy (non-hydrogen) atoms. The van der Waals surface area contributed by atoms with Crippen molar-refractivity contribution in [3.8, 4) is 17.3 Å². The third kappa shape index (κ3) is 1.83. The Labute approximate surface area is 107 Å². The van der Waals surface area contributed by atoms with Gasteiger partial charge in [-0.1, -0.05) is 0 Å². The third-order valence-corrected chi connectivity index (χ3v) is 2.94. The van der Waals surface area contributed by atoms with Gasteiger partial charge in [0.15, 0.2) is 5.69 Å². The molecule has 0 spiro atoms. The topological polar surface area (TPSA) is 70.2 Å². The molecule has 2 aromatic rings. The van der Waals surface area contributed by atoms with E-state index in [0.29, 0.717) is 12.1 Å². The summed E-state index contributed by atoms with van der Waals surface area (Å²) >= 11 is 0. The van der Waals surface area contributed by atoms with E-state index in [2.05, 4.69) is 4.98 Å². The van der Waals surface area contributed by atoms with Crippen LogP contribution in [-0.2, 0) is 6.54 Å². The highest BCUT2D eigenvalue weighted by Gasteiger charge is 2.36. The van der Waals surface area contributed by atoms with Crippen molar-refractivity contribution < 1.29 is 14.1 Å². The summed E-state index contributed by atoms with van der Waals surface area (Å²) in [5.74, 6) is -0.519. The van der Waals surface area contributed by atoms with Crippen molar-refractivity contribution in [3.63, 3.8) is 0 Å². The van der Waals surface area contributed by atoms with Crippen molar-refractivity contribution in [2.24, 2.45) is 0 Å². The summed E-state index contributed by atoms with van der Waals surface area (Å²) in [6.07, 6.45) is -0.136. The van der Waals surface area contributed by atoms with E-state index in [1.165, 1.54) is 28.8 Å². The molecule has 0 amide bonds. The highest BCUT2D eigenvalue weighted by atomic mass is 19.1. The van der Waals surface area contributed by atoms with Crippen LogP contribution in [0.25, 0.3) is 11.3 Å². The molecular weight excluding hydrogens is 253 g/mol. The number of rotatable bonds is 2. The fourth-order valence-electron chi connectivity index (χ4n) is 2.14. The molecule has 7 heteroatoms. The van der Waals surface area contributed by atoms with Gasteiger partial charge in [0.2, 0.25) is 0 Å². The third-order valence-electron chi connectivity index (χ3n) is 2.94. The van der Waals surface area contributed by atoms with Gasteiger partial charge in [-0.25, -0.2) is 4.39 Å². The lowest BCUT2D eigenvalue weighted by Crippen LogP contribution is -2.10. The number of aromatic nitrogens is 2. The lowest BCUT2D eigenvalue weighted by Gasteiger charge is -2.01. The maximum absolute atomic E-state index is 12.9. The Bertz CT molecular complexity index is 651. The Morgan fingerprint density at radius 2 is 2.16 bits per heavy atom. The van der Waals surface area contributed by atoms with Crippen LogP contribution in [0.15, 0.2) is 24.3 Å². The SMILES string of the molecule is CC1Cn2c(nc(-c3ccc(F)cc3)c2[N+](=O)[O-])O1. The minimum Gasteiger partial charge on any atom is -0.440 e. The summed E-state index contributed by atoms with van der Waals surface area (Å²) in [6.45, 7) is 2.20. The molecule has 1 unspecified atom stereocenters. The first-order valence-electron chi connectivity index (χ1n) is 5.74. The van der Waals surface area contributed by atoms with Gasteiger partial charge in [0.05, 0.1) is 0 Å². The van der Waals surface area contributed by atoms with Crippen molar-refractivity contribution in [1.82, 2.24) is 9.55 Å². The van der Waals surface area contributed by atoms with E-state index in [-0.39, 0.29) is 23.6 Å². The molecule has 1 aromatic carbocycles. The van der Waals surface area contributed by atoms with Gasteiger partial charge < -0.3 is 14.9 Å². The van der Waals surface area contributed by atoms with Crippen LogP contribution in [-0.4, -0.2) is 20.6 Å². The number of hydrogen-bond donors (Lipinski definition) is 0. The second kappa shape index (κ2) is 4.04. The molecule has 6 nitrogen and oxygen atoms in total. The summed E-state index contributed by atoms with van der Waals surface area (Å²) in [7, 11) is 0. The largest absolute Gasteiger partial charge is 0.440 e. The first kappa shape index (κ1) is 11.6. The van der Waals surface area contributed by atoms with Crippen LogP contribution in [0.4, 0.5) is 10.2 Å². The van der Waals surface area contributed by atoms with E-state index in [9.17, 15) is 14.5 Å². The number of nitro groups is 1. The van der Waals surface area contributed by atoms with Crippen LogP contribution in [0.3, 0.4) is 0 Å². The predicted octanol–water partition coefficient (Wildman–Crippen LogP) is 2.38. The zero-order valence-electron chi connectivity index (χ0n) is 10.0. The molecule has 1 atom stereocenters. The molecule has 0 N–H and O–H groups in total. The van der Waals surface area contributed by atoms with Crippen molar-refractivity contribution in [2.75, 3.05) is 0 Å². The fourth-order valence-corrected chi connectivity index (χ4v) is 2.14. The summed E-state index contributed by atoms with van der Waals surface area (Å²) < 4.78 is 19.7. The van der Waals surface area contributed by atoms with Gasteiger partial charge in [-0.05, 0) is 36.1 Å². The minimum absolute atomic E-state index is 0.119. The molecule has 2 heterocycles. The van der Waals surface area contributed by atoms with Gasteiger partial charge in [-0.2, -0.15) is 9.55 Å². The molecule has 3 rings (SSSR count). The van der Waals surface area contributed by atoms with Crippen molar-refractivity contribution >= 4 is 5.82 Å². The molecule has 1 aliphatic heterocycles. The van der Waals surface area contributed by atoms with E-state index in [4.69, 9.17) is 4.74 Å². The van der Waals surface area contributed by atoms with Gasteiger partial charge in [0.25, 0.3) is 0 Å². The first-order valence-corrected chi connectivity index (χ1v) is 5.74.